The van der Waals surface area contributed by atoms with Crippen LogP contribution in [-0.4, -0.2) is 50.0 Å². The van der Waals surface area contributed by atoms with Crippen LogP contribution in [0.15, 0.2) is 0 Å². The van der Waals surface area contributed by atoms with E-state index in [2.05, 4.69) is 0 Å². The molecule has 2 bridgehead atoms. The average Bonchev–Trinajstić information content (AvgIpc) is 2.79. The van der Waals surface area contributed by atoms with Crippen molar-refractivity contribution in [3.63, 3.8) is 0 Å². The lowest BCUT2D eigenvalue weighted by atomic mass is 9.37. The van der Waals surface area contributed by atoms with E-state index in [9.17, 15) is 30.0 Å². The van der Waals surface area contributed by atoms with Crippen LogP contribution in [0.25, 0.3) is 0 Å². The Kier molecular flexibility index (Phi) is 3.60. The Morgan fingerprint density at radius 2 is 1.81 bits per heavy atom. The third-order valence-corrected chi connectivity index (χ3v) is 9.13. The van der Waals surface area contributed by atoms with E-state index in [1.807, 2.05) is 13.8 Å². The summed E-state index contributed by atoms with van der Waals surface area (Å²) in [6.45, 7) is 5.30. The summed E-state index contributed by atoms with van der Waals surface area (Å²) < 4.78 is 0. The quantitative estimate of drug-likeness (QED) is 0.557. The largest absolute Gasteiger partial charge is 0.481 e. The molecule has 6 nitrogen and oxygen atoms in total. The fourth-order valence-electron chi connectivity index (χ4n) is 7.73. The fraction of sp³-hybridized carbons (Fsp3) is 0.900. The van der Waals surface area contributed by atoms with Crippen molar-refractivity contribution in [1.29, 1.82) is 0 Å². The molecule has 4 fully saturated rings. The Hall–Kier alpha value is -0.980. The lowest BCUT2D eigenvalue weighted by Crippen LogP contribution is -2.78. The highest BCUT2D eigenvalue weighted by atomic mass is 16.4. The summed E-state index contributed by atoms with van der Waals surface area (Å²) in [4.78, 5) is 25.4. The third kappa shape index (κ3) is 1.66. The molecule has 4 aliphatic rings. The number of hydrogen-bond acceptors (Lipinski definition) is 5. The summed E-state index contributed by atoms with van der Waals surface area (Å²) in [5, 5.41) is 44.2. The number of carboxylic acids is 1. The van der Waals surface area contributed by atoms with Gasteiger partial charge in [0.1, 0.15) is 5.78 Å². The minimum absolute atomic E-state index is 0.110. The number of aliphatic carboxylic acids is 1. The molecule has 0 aromatic rings. The molecular formula is C20H30O6. The maximum absolute atomic E-state index is 13.3. The van der Waals surface area contributed by atoms with Gasteiger partial charge in [-0.25, -0.2) is 0 Å². The summed E-state index contributed by atoms with van der Waals surface area (Å²) in [6.07, 6.45) is 0.243. The Morgan fingerprint density at radius 1 is 1.15 bits per heavy atom. The van der Waals surface area contributed by atoms with Crippen LogP contribution in [0.1, 0.15) is 59.3 Å². The minimum atomic E-state index is -1.49. The lowest BCUT2D eigenvalue weighted by Gasteiger charge is -2.69. The summed E-state index contributed by atoms with van der Waals surface area (Å²) in [5.41, 5.74) is -5.04. The van der Waals surface area contributed by atoms with Crippen LogP contribution in [-0.2, 0) is 9.59 Å². The smallest absolute Gasteiger partial charge is 0.309 e. The van der Waals surface area contributed by atoms with Crippen LogP contribution in [0.5, 0.6) is 0 Å². The van der Waals surface area contributed by atoms with Gasteiger partial charge in [-0.15, -0.1) is 0 Å². The number of aliphatic hydroxyl groups excluding tert-OH is 2. The van der Waals surface area contributed by atoms with E-state index >= 15 is 0 Å². The van der Waals surface area contributed by atoms with Gasteiger partial charge in [0.25, 0.3) is 0 Å². The highest BCUT2D eigenvalue weighted by molar-refractivity contribution is 5.92. The standard InChI is InChI=1S/C20H30O6/c1-10-11-5-8-20(26)18(3)7-4-6-17(2,16(24)25)13(18)12(21)15(23)19(20,9-11)14(10)22/h10-13,15,21,23,26H,4-9H2,1-3H3,(H,24,25)/t10-,11-,12-,13-,15+,17-,18-,19+,20-/m1/s1. The fourth-order valence-corrected chi connectivity index (χ4v) is 7.73. The van der Waals surface area contributed by atoms with E-state index in [1.165, 1.54) is 0 Å². The van der Waals surface area contributed by atoms with Crippen LogP contribution in [0, 0.1) is 34.0 Å². The second kappa shape index (κ2) is 5.09. The van der Waals surface area contributed by atoms with Crippen molar-refractivity contribution in [1.82, 2.24) is 0 Å². The van der Waals surface area contributed by atoms with Gasteiger partial charge in [0.05, 0.1) is 28.6 Å². The molecule has 9 atom stereocenters. The van der Waals surface area contributed by atoms with Gasteiger partial charge in [-0.05, 0) is 44.9 Å². The van der Waals surface area contributed by atoms with Gasteiger partial charge in [-0.2, -0.15) is 0 Å². The molecule has 0 heterocycles. The van der Waals surface area contributed by atoms with Gasteiger partial charge in [-0.1, -0.05) is 20.3 Å². The topological polar surface area (TPSA) is 115 Å². The van der Waals surface area contributed by atoms with Crippen molar-refractivity contribution < 1.29 is 30.0 Å². The van der Waals surface area contributed by atoms with Gasteiger partial charge < -0.3 is 20.4 Å². The number of aliphatic hydroxyl groups is 3. The van der Waals surface area contributed by atoms with E-state index in [4.69, 9.17) is 0 Å². The minimum Gasteiger partial charge on any atom is -0.481 e. The van der Waals surface area contributed by atoms with Crippen molar-refractivity contribution in [2.75, 3.05) is 0 Å². The number of Topliss-reactive ketones (excluding diaryl/α,β-unsaturated/α-hetero) is 1. The highest BCUT2D eigenvalue weighted by Crippen LogP contribution is 2.72. The zero-order chi connectivity index (χ0) is 19.3. The molecule has 4 N–H and O–H groups in total. The molecule has 4 saturated carbocycles. The molecule has 0 aliphatic heterocycles. The normalized spacial score (nSPS) is 58.8. The Bertz CT molecular complexity index is 677. The SMILES string of the molecule is C[C@H]1C(=O)[C@]23C[C@H]1CC[C@@]2(O)[C@]1(C)CCC[C@@](C)(C(=O)O)[C@H]1[C@@H](O)[C@@H]3O. The van der Waals surface area contributed by atoms with Crippen LogP contribution >= 0.6 is 0 Å². The zero-order valence-electron chi connectivity index (χ0n) is 15.7. The van der Waals surface area contributed by atoms with Crippen LogP contribution < -0.4 is 0 Å². The molecule has 0 aromatic heterocycles. The molecule has 1 spiro atoms. The summed E-state index contributed by atoms with van der Waals surface area (Å²) in [5.74, 6) is -2.11. The maximum Gasteiger partial charge on any atom is 0.309 e. The van der Waals surface area contributed by atoms with E-state index in [-0.39, 0.29) is 17.6 Å². The van der Waals surface area contributed by atoms with Crippen LogP contribution in [0.3, 0.4) is 0 Å². The molecule has 26 heavy (non-hydrogen) atoms. The summed E-state index contributed by atoms with van der Waals surface area (Å²) in [6, 6.07) is 0. The maximum atomic E-state index is 13.3. The van der Waals surface area contributed by atoms with Gasteiger partial charge in [0, 0.05) is 17.3 Å². The predicted molar refractivity (Wildman–Crippen MR) is 92.1 cm³/mol. The molecule has 0 aromatic carbocycles. The summed E-state index contributed by atoms with van der Waals surface area (Å²) >= 11 is 0. The molecule has 0 saturated heterocycles. The van der Waals surface area contributed by atoms with Crippen molar-refractivity contribution in [2.24, 2.45) is 34.0 Å². The Labute approximate surface area is 153 Å². The molecule has 4 rings (SSSR count). The van der Waals surface area contributed by atoms with E-state index in [0.29, 0.717) is 38.5 Å². The van der Waals surface area contributed by atoms with Crippen molar-refractivity contribution in [2.45, 2.75) is 77.1 Å². The lowest BCUT2D eigenvalue weighted by molar-refractivity contribution is -0.313. The first-order valence-corrected chi connectivity index (χ1v) is 9.83. The molecule has 6 heteroatoms. The number of carboxylic acid groups (broad SMARTS) is 1. The van der Waals surface area contributed by atoms with Crippen molar-refractivity contribution >= 4 is 11.8 Å². The van der Waals surface area contributed by atoms with E-state index in [0.717, 1.165) is 0 Å². The molecule has 0 amide bonds. The monoisotopic (exact) mass is 366 g/mol. The summed E-state index contributed by atoms with van der Waals surface area (Å²) in [7, 11) is 0. The number of carbonyl (C=O) groups is 2. The van der Waals surface area contributed by atoms with Gasteiger partial charge in [0.2, 0.25) is 0 Å². The number of ketones is 1. The first-order chi connectivity index (χ1) is 12.0. The number of fused-ring (bicyclic) bond motifs is 3. The number of carbonyl (C=O) groups excluding carboxylic acids is 1. The van der Waals surface area contributed by atoms with Gasteiger partial charge in [0.15, 0.2) is 0 Å². The molecule has 146 valence electrons. The van der Waals surface area contributed by atoms with Crippen LogP contribution in [0.4, 0.5) is 0 Å². The molecular weight excluding hydrogens is 336 g/mol. The zero-order valence-corrected chi connectivity index (χ0v) is 15.7. The molecule has 0 unspecified atom stereocenters. The first kappa shape index (κ1) is 18.4. The average molecular weight is 366 g/mol. The number of rotatable bonds is 1. The van der Waals surface area contributed by atoms with E-state index < -0.39 is 45.9 Å². The highest BCUT2D eigenvalue weighted by Gasteiger charge is 2.80. The van der Waals surface area contributed by atoms with Gasteiger partial charge >= 0.3 is 5.97 Å². The van der Waals surface area contributed by atoms with Gasteiger partial charge in [-0.3, -0.25) is 9.59 Å². The van der Waals surface area contributed by atoms with E-state index in [1.54, 1.807) is 6.92 Å². The van der Waals surface area contributed by atoms with Crippen molar-refractivity contribution in [3.05, 3.63) is 0 Å². The van der Waals surface area contributed by atoms with Crippen molar-refractivity contribution in [3.8, 4) is 0 Å². The third-order valence-electron chi connectivity index (χ3n) is 9.13. The second-order valence-corrected chi connectivity index (χ2v) is 9.89. The number of hydrogen-bond donors (Lipinski definition) is 4. The van der Waals surface area contributed by atoms with Crippen LogP contribution in [0.2, 0.25) is 0 Å². The second-order valence-electron chi connectivity index (χ2n) is 9.89. The first-order valence-electron chi connectivity index (χ1n) is 9.83. The Balaban J connectivity index is 1.95. The molecule has 0 radical (unpaired) electrons. The predicted octanol–water partition coefficient (Wildman–Crippen LogP) is 1.36. The molecule has 4 aliphatic carbocycles. The Morgan fingerprint density at radius 3 is 2.42 bits per heavy atom.